The molecule has 4 fully saturated rings. The molecule has 4 aliphatic carbocycles. The molecular weight excluding hydrogens is 790 g/mol. The van der Waals surface area contributed by atoms with Crippen molar-refractivity contribution in [3.05, 3.63) is 82.9 Å². The summed E-state index contributed by atoms with van der Waals surface area (Å²) in [7, 11) is 0. The summed E-state index contributed by atoms with van der Waals surface area (Å²) in [5.41, 5.74) is -5.43. The summed E-state index contributed by atoms with van der Waals surface area (Å²) in [4.78, 5) is 82.0. The van der Waals surface area contributed by atoms with Gasteiger partial charge in [-0.1, -0.05) is 55.5 Å². The van der Waals surface area contributed by atoms with Crippen molar-refractivity contribution in [2.75, 3.05) is 6.61 Å². The van der Waals surface area contributed by atoms with Gasteiger partial charge in [-0.3, -0.25) is 9.59 Å². The summed E-state index contributed by atoms with van der Waals surface area (Å²) in [5, 5.41) is 39.7. The molecule has 7 rings (SSSR count). The number of alkyl carbamates (subject to hydrolysis) is 1. The number of esters is 3. The number of Topliss-reactive ketones (excluding diaryl/α,β-unsaturated/α-hetero) is 2. The molecule has 2 aromatic rings. The number of benzene rings is 2. The molecule has 15 heteroatoms. The fourth-order valence-corrected chi connectivity index (χ4v) is 10.6. The molecule has 5 aliphatic rings. The van der Waals surface area contributed by atoms with E-state index in [0.29, 0.717) is 5.56 Å². The van der Waals surface area contributed by atoms with E-state index in [4.69, 9.17) is 23.7 Å². The summed E-state index contributed by atoms with van der Waals surface area (Å²) in [6, 6.07) is 15.0. The predicted octanol–water partition coefficient (Wildman–Crippen LogP) is 4.10. The molecule has 1 saturated heterocycles. The van der Waals surface area contributed by atoms with Crippen LogP contribution in [-0.4, -0.2) is 105 Å². The number of hydrogen-bond acceptors (Lipinski definition) is 14. The fourth-order valence-electron chi connectivity index (χ4n) is 10.6. The van der Waals surface area contributed by atoms with Gasteiger partial charge in [0.05, 0.1) is 29.8 Å². The van der Waals surface area contributed by atoms with Gasteiger partial charge in [0, 0.05) is 42.4 Å². The van der Waals surface area contributed by atoms with Gasteiger partial charge in [-0.2, -0.15) is 0 Å². The van der Waals surface area contributed by atoms with E-state index in [1.165, 1.54) is 13.8 Å². The van der Waals surface area contributed by atoms with Crippen molar-refractivity contribution >= 4 is 35.6 Å². The van der Waals surface area contributed by atoms with Crippen molar-refractivity contribution in [3.8, 4) is 0 Å². The van der Waals surface area contributed by atoms with Gasteiger partial charge < -0.3 is 49.1 Å². The van der Waals surface area contributed by atoms with E-state index in [-0.39, 0.29) is 54.8 Å². The first-order chi connectivity index (χ1) is 28.7. The van der Waals surface area contributed by atoms with E-state index in [2.05, 4.69) is 5.32 Å². The van der Waals surface area contributed by atoms with Crippen LogP contribution in [0, 0.1) is 28.6 Å². The summed E-state index contributed by atoms with van der Waals surface area (Å²) in [5.74, 6) is -6.32. The zero-order valence-electron chi connectivity index (χ0n) is 35.4. The number of hydrogen-bond donors (Lipinski definition) is 4. The van der Waals surface area contributed by atoms with Crippen LogP contribution >= 0.6 is 0 Å². The van der Waals surface area contributed by atoms with Gasteiger partial charge >= 0.3 is 24.0 Å². The van der Waals surface area contributed by atoms with Gasteiger partial charge in [-0.15, -0.1) is 0 Å². The molecule has 15 nitrogen and oxygen atoms in total. The zero-order chi connectivity index (χ0) is 44.4. The van der Waals surface area contributed by atoms with Gasteiger partial charge in [0.25, 0.3) is 0 Å². The SMILES string of the molecule is CC(=O)CCCC(=O)O[C@@H](C(=O)O[C@@H]1C(C)=C2[C@@H](O)C(=O)[C@@]3(C)C([C@@H]4CO[C@@H]4C[C@@H]3O)[C@H](OC(=O)c3ccccc3)[C@]3(O)C1[C@]23C)[C@@H](NC(=O)OC(C)(C)C)c1ccccc1. The Balaban J connectivity index is 1.30. The maximum absolute atomic E-state index is 14.8. The first-order valence-corrected chi connectivity index (χ1v) is 20.8. The van der Waals surface area contributed by atoms with Crippen molar-refractivity contribution in [1.29, 1.82) is 0 Å². The number of nitrogens with one attached hydrogen (secondary N) is 1. The lowest BCUT2D eigenvalue weighted by atomic mass is 9.51. The molecule has 0 spiro atoms. The Bertz CT molecular complexity index is 2120. The fraction of sp³-hybridized carbons (Fsp3) is 0.565. The number of ketones is 2. The van der Waals surface area contributed by atoms with Crippen molar-refractivity contribution < 1.29 is 67.8 Å². The van der Waals surface area contributed by atoms with Crippen molar-refractivity contribution in [3.63, 3.8) is 0 Å². The summed E-state index contributed by atoms with van der Waals surface area (Å²) < 4.78 is 29.8. The highest BCUT2D eigenvalue weighted by Gasteiger charge is 2.89. The summed E-state index contributed by atoms with van der Waals surface area (Å²) >= 11 is 0. The van der Waals surface area contributed by atoms with Crippen LogP contribution in [0.25, 0.3) is 0 Å². The second kappa shape index (κ2) is 16.1. The van der Waals surface area contributed by atoms with Crippen LogP contribution in [-0.2, 0) is 42.9 Å². The molecule has 328 valence electrons. The van der Waals surface area contributed by atoms with Gasteiger partial charge in [-0.25, -0.2) is 14.4 Å². The quantitative estimate of drug-likeness (QED) is 0.134. The number of carbonyl (C=O) groups is 6. The lowest BCUT2D eigenvalue weighted by Crippen LogP contribution is -2.70. The average Bonchev–Trinajstić information content (AvgIpc) is 3.58. The largest absolute Gasteiger partial charge is 0.455 e. The average molecular weight is 846 g/mol. The number of amides is 1. The van der Waals surface area contributed by atoms with Crippen LogP contribution in [0.1, 0.15) is 96.1 Å². The smallest absolute Gasteiger partial charge is 0.408 e. The van der Waals surface area contributed by atoms with Crippen LogP contribution in [0.3, 0.4) is 0 Å². The van der Waals surface area contributed by atoms with Gasteiger partial charge in [0.2, 0.25) is 6.10 Å². The normalized spacial score (nSPS) is 34.4. The Hall–Kier alpha value is -4.96. The third kappa shape index (κ3) is 7.46. The number of rotatable bonds is 12. The third-order valence-corrected chi connectivity index (χ3v) is 13.7. The molecular formula is C46H55NO14. The Morgan fingerprint density at radius 2 is 1.59 bits per heavy atom. The second-order valence-corrected chi connectivity index (χ2v) is 18.5. The van der Waals surface area contributed by atoms with Gasteiger partial charge in [0.15, 0.2) is 5.78 Å². The van der Waals surface area contributed by atoms with E-state index in [1.54, 1.807) is 95.3 Å². The number of fused-ring (bicyclic) bond motifs is 4. The highest BCUT2D eigenvalue weighted by molar-refractivity contribution is 5.95. The highest BCUT2D eigenvalue weighted by Crippen LogP contribution is 2.78. The minimum atomic E-state index is -2.07. The van der Waals surface area contributed by atoms with Crippen molar-refractivity contribution in [1.82, 2.24) is 5.32 Å². The number of aliphatic hydroxyl groups is 3. The van der Waals surface area contributed by atoms with E-state index < -0.39 is 112 Å². The first-order valence-electron chi connectivity index (χ1n) is 20.8. The van der Waals surface area contributed by atoms with E-state index in [0.717, 1.165) is 0 Å². The zero-order valence-corrected chi connectivity index (χ0v) is 35.4. The maximum atomic E-state index is 14.8. The molecule has 1 heterocycles. The lowest BCUT2D eigenvalue weighted by molar-refractivity contribution is -0.255. The Kier molecular flexibility index (Phi) is 11.6. The maximum Gasteiger partial charge on any atom is 0.408 e. The van der Waals surface area contributed by atoms with Gasteiger partial charge in [-0.05, 0) is 76.8 Å². The van der Waals surface area contributed by atoms with Crippen LogP contribution in [0.4, 0.5) is 4.79 Å². The third-order valence-electron chi connectivity index (χ3n) is 13.7. The standard InChI is InChI=1S/C46H55NO14/c1-23(48)15-14-20-30(50)58-36(33(25-16-10-8-11-17-25)47-42(55)61-43(3,4)5)41(54)59-35-24(2)31-34(51)38(52)44(6)29(49)21-28-27(22-57-28)32(44)39(46(56)37(35)45(31,46)7)60-40(53)26-18-12-9-13-19-26/h8-13,16-19,27-29,32-37,39,49,51,56H,14-15,20-22H2,1-7H3,(H,47,55)/t27-,28-,29+,32?,33+,34-,35-,36-,37?,39+,44-,45+,46-/m1/s1. The molecule has 1 aliphatic heterocycles. The minimum absolute atomic E-state index is 0.0617. The highest BCUT2D eigenvalue weighted by atomic mass is 16.6. The predicted molar refractivity (Wildman–Crippen MR) is 214 cm³/mol. The molecule has 2 aromatic carbocycles. The molecule has 3 saturated carbocycles. The molecule has 0 bridgehead atoms. The van der Waals surface area contributed by atoms with Crippen LogP contribution in [0.2, 0.25) is 0 Å². The molecule has 61 heavy (non-hydrogen) atoms. The monoisotopic (exact) mass is 845 g/mol. The molecule has 1 amide bonds. The molecule has 4 N–H and O–H groups in total. The van der Waals surface area contributed by atoms with E-state index in [1.807, 2.05) is 0 Å². The van der Waals surface area contributed by atoms with Crippen LogP contribution in [0.15, 0.2) is 71.8 Å². The lowest BCUT2D eigenvalue weighted by Gasteiger charge is -2.59. The Morgan fingerprint density at radius 3 is 2.18 bits per heavy atom. The molecule has 0 aromatic heterocycles. The van der Waals surface area contributed by atoms with Gasteiger partial charge in [0.1, 0.15) is 41.3 Å². The van der Waals surface area contributed by atoms with Crippen molar-refractivity contribution in [2.24, 2.45) is 28.6 Å². The van der Waals surface area contributed by atoms with Crippen molar-refractivity contribution in [2.45, 2.75) is 128 Å². The number of aliphatic hydroxyl groups excluding tert-OH is 2. The summed E-state index contributed by atoms with van der Waals surface area (Å²) in [6.45, 7) is 11.2. The molecule has 0 radical (unpaired) electrons. The van der Waals surface area contributed by atoms with E-state index >= 15 is 0 Å². The minimum Gasteiger partial charge on any atom is -0.455 e. The van der Waals surface area contributed by atoms with Crippen LogP contribution < -0.4 is 5.32 Å². The molecule has 13 atom stereocenters. The number of carbonyl (C=O) groups excluding carboxylic acids is 6. The second-order valence-electron chi connectivity index (χ2n) is 18.5. The summed E-state index contributed by atoms with van der Waals surface area (Å²) in [6.07, 6.45) is -9.31. The molecule has 2 unspecified atom stereocenters. The first kappa shape index (κ1) is 44.1. The Morgan fingerprint density at radius 1 is 0.951 bits per heavy atom. The van der Waals surface area contributed by atoms with Crippen LogP contribution in [0.5, 0.6) is 0 Å². The van der Waals surface area contributed by atoms with E-state index in [9.17, 15) is 44.1 Å². The topological polar surface area (TPSA) is 221 Å². The Labute approximate surface area is 354 Å². The number of ether oxygens (including phenoxy) is 5.